The molecule has 150 valence electrons. The summed E-state index contributed by atoms with van der Waals surface area (Å²) in [6, 6.07) is 15.0. The van der Waals surface area contributed by atoms with E-state index >= 15 is 0 Å². The summed E-state index contributed by atoms with van der Waals surface area (Å²) in [5, 5.41) is 8.99. The second-order valence-corrected chi connectivity index (χ2v) is 7.15. The number of urea groups is 1. The topological polar surface area (TPSA) is 82.2 Å². The summed E-state index contributed by atoms with van der Waals surface area (Å²) < 4.78 is 0. The highest BCUT2D eigenvalue weighted by Gasteiger charge is 2.07. The van der Waals surface area contributed by atoms with Crippen molar-refractivity contribution in [2.75, 3.05) is 34.9 Å². The van der Waals surface area contributed by atoms with Gasteiger partial charge in [-0.1, -0.05) is 17.7 Å². The molecule has 0 saturated carbocycles. The fourth-order valence-electron chi connectivity index (χ4n) is 2.87. The molecule has 7 heteroatoms. The number of nitrogens with one attached hydrogen (secondary N) is 3. The zero-order valence-electron chi connectivity index (χ0n) is 17.4. The lowest BCUT2D eigenvalue weighted by Crippen LogP contribution is -2.19. The number of aromatic nitrogens is 2. The lowest BCUT2D eigenvalue weighted by molar-refractivity contribution is 0.262. The third-order valence-corrected chi connectivity index (χ3v) is 4.33. The summed E-state index contributed by atoms with van der Waals surface area (Å²) in [5.74, 6) is 2.25. The number of amides is 2. The van der Waals surface area contributed by atoms with Crippen LogP contribution in [-0.2, 0) is 0 Å². The predicted molar refractivity (Wildman–Crippen MR) is 119 cm³/mol. The molecular formula is C22H26N6O. The zero-order chi connectivity index (χ0) is 21.0. The number of carbonyl (C=O) groups excluding carboxylic acids is 1. The summed E-state index contributed by atoms with van der Waals surface area (Å²) >= 11 is 0. The number of rotatable bonds is 5. The molecule has 3 rings (SSSR count). The van der Waals surface area contributed by atoms with Crippen molar-refractivity contribution in [3.63, 3.8) is 0 Å². The maximum absolute atomic E-state index is 12.3. The van der Waals surface area contributed by atoms with Gasteiger partial charge in [-0.2, -0.15) is 0 Å². The molecule has 0 radical (unpaired) electrons. The van der Waals surface area contributed by atoms with E-state index in [-0.39, 0.29) is 6.03 Å². The van der Waals surface area contributed by atoms with E-state index in [0.29, 0.717) is 11.5 Å². The van der Waals surface area contributed by atoms with Crippen LogP contribution in [0, 0.1) is 20.8 Å². The van der Waals surface area contributed by atoms with E-state index in [1.165, 1.54) is 0 Å². The highest BCUT2D eigenvalue weighted by Crippen LogP contribution is 2.21. The van der Waals surface area contributed by atoms with Crippen molar-refractivity contribution in [1.82, 2.24) is 9.97 Å². The molecule has 0 unspecified atom stereocenters. The molecule has 7 nitrogen and oxygen atoms in total. The third kappa shape index (κ3) is 5.44. The Balaban J connectivity index is 1.63. The van der Waals surface area contributed by atoms with Crippen molar-refractivity contribution < 1.29 is 4.79 Å². The van der Waals surface area contributed by atoms with Crippen LogP contribution in [0.4, 0.5) is 33.5 Å². The lowest BCUT2D eigenvalue weighted by atomic mass is 10.1. The average Bonchev–Trinajstić information content (AvgIpc) is 2.65. The minimum atomic E-state index is -0.278. The van der Waals surface area contributed by atoms with E-state index in [4.69, 9.17) is 0 Å². The van der Waals surface area contributed by atoms with E-state index in [2.05, 4.69) is 25.9 Å². The van der Waals surface area contributed by atoms with Crippen molar-refractivity contribution in [2.24, 2.45) is 0 Å². The first-order valence-electron chi connectivity index (χ1n) is 9.35. The van der Waals surface area contributed by atoms with Gasteiger partial charge in [0, 0.05) is 37.2 Å². The molecule has 0 spiro atoms. The number of hydrogen-bond donors (Lipinski definition) is 3. The van der Waals surface area contributed by atoms with Crippen LogP contribution in [0.15, 0.2) is 48.5 Å². The monoisotopic (exact) mass is 390 g/mol. The normalized spacial score (nSPS) is 10.4. The smallest absolute Gasteiger partial charge is 0.323 e. The van der Waals surface area contributed by atoms with Gasteiger partial charge >= 0.3 is 6.03 Å². The Kier molecular flexibility index (Phi) is 5.97. The molecule has 0 aliphatic rings. The Morgan fingerprint density at radius 1 is 0.862 bits per heavy atom. The zero-order valence-corrected chi connectivity index (χ0v) is 17.4. The number of hydrogen-bond acceptors (Lipinski definition) is 5. The van der Waals surface area contributed by atoms with Crippen LogP contribution in [0.1, 0.15) is 17.0 Å². The Morgan fingerprint density at radius 2 is 1.55 bits per heavy atom. The Bertz CT molecular complexity index is 1010. The fraction of sp³-hybridized carbons (Fsp3) is 0.227. The fourth-order valence-corrected chi connectivity index (χ4v) is 2.87. The largest absolute Gasteiger partial charge is 0.363 e. The van der Waals surface area contributed by atoms with Gasteiger partial charge < -0.3 is 20.9 Å². The van der Waals surface area contributed by atoms with Gasteiger partial charge in [-0.05, 0) is 56.7 Å². The van der Waals surface area contributed by atoms with Gasteiger partial charge in [-0.15, -0.1) is 0 Å². The highest BCUT2D eigenvalue weighted by molar-refractivity contribution is 6.00. The van der Waals surface area contributed by atoms with Gasteiger partial charge in [-0.25, -0.2) is 14.8 Å². The molecule has 0 aliphatic carbocycles. The first-order valence-corrected chi connectivity index (χ1v) is 9.35. The van der Waals surface area contributed by atoms with Crippen molar-refractivity contribution in [3.8, 4) is 0 Å². The molecule has 3 aromatic rings. The van der Waals surface area contributed by atoms with Gasteiger partial charge in [0.1, 0.15) is 17.5 Å². The van der Waals surface area contributed by atoms with Crippen LogP contribution < -0.4 is 20.9 Å². The van der Waals surface area contributed by atoms with Crippen LogP contribution in [0.2, 0.25) is 0 Å². The number of nitrogens with zero attached hydrogens (tertiary/aromatic N) is 3. The van der Waals surface area contributed by atoms with Crippen molar-refractivity contribution in [2.45, 2.75) is 20.8 Å². The molecule has 1 aromatic heterocycles. The van der Waals surface area contributed by atoms with E-state index in [9.17, 15) is 4.79 Å². The van der Waals surface area contributed by atoms with E-state index in [1.54, 1.807) is 0 Å². The first kappa shape index (κ1) is 20.1. The van der Waals surface area contributed by atoms with E-state index in [0.717, 1.165) is 34.1 Å². The number of anilines is 5. The van der Waals surface area contributed by atoms with Crippen molar-refractivity contribution in [3.05, 3.63) is 65.5 Å². The minimum absolute atomic E-state index is 0.278. The second-order valence-electron chi connectivity index (χ2n) is 7.15. The van der Waals surface area contributed by atoms with Crippen LogP contribution in [0.3, 0.4) is 0 Å². The van der Waals surface area contributed by atoms with Gasteiger partial charge in [0.05, 0.1) is 0 Å². The Morgan fingerprint density at radius 3 is 2.21 bits per heavy atom. The van der Waals surface area contributed by atoms with Gasteiger partial charge in [0.15, 0.2) is 0 Å². The molecule has 2 amide bonds. The average molecular weight is 390 g/mol. The highest BCUT2D eigenvalue weighted by atomic mass is 16.2. The van der Waals surface area contributed by atoms with Crippen molar-refractivity contribution in [1.29, 1.82) is 0 Å². The quantitative estimate of drug-likeness (QED) is 0.580. The van der Waals surface area contributed by atoms with Crippen LogP contribution in [0.5, 0.6) is 0 Å². The molecule has 2 aromatic carbocycles. The third-order valence-electron chi connectivity index (χ3n) is 4.33. The van der Waals surface area contributed by atoms with Crippen LogP contribution in [0.25, 0.3) is 0 Å². The van der Waals surface area contributed by atoms with Crippen LogP contribution in [-0.4, -0.2) is 30.1 Å². The molecular weight excluding hydrogens is 364 g/mol. The Labute approximate surface area is 171 Å². The summed E-state index contributed by atoms with van der Waals surface area (Å²) in [6.07, 6.45) is 0. The Hall–Kier alpha value is -3.61. The summed E-state index contributed by atoms with van der Waals surface area (Å²) in [5.41, 5.74) is 4.55. The van der Waals surface area contributed by atoms with Gasteiger partial charge in [0.2, 0.25) is 0 Å². The van der Waals surface area contributed by atoms with Gasteiger partial charge in [0.25, 0.3) is 0 Å². The standard InChI is InChI=1S/C22H26N6O/c1-14-6-11-19(15(2)12-14)27-22(29)26-18-9-7-17(8-10-18)25-20-13-21(28(4)5)24-16(3)23-20/h6-13H,1-5H3,(H,23,24,25)(H2,26,27,29). The first-order chi connectivity index (χ1) is 13.8. The molecule has 0 atom stereocenters. The number of carbonyl (C=O) groups is 1. The molecule has 3 N–H and O–H groups in total. The van der Waals surface area contributed by atoms with Gasteiger partial charge in [-0.3, -0.25) is 0 Å². The molecule has 0 aliphatic heterocycles. The minimum Gasteiger partial charge on any atom is -0.363 e. The SMILES string of the molecule is Cc1ccc(NC(=O)Nc2ccc(Nc3cc(N(C)C)nc(C)n3)cc2)c(C)c1. The molecule has 0 fully saturated rings. The molecule has 0 saturated heterocycles. The predicted octanol–water partition coefficient (Wildman–Crippen LogP) is 4.86. The maximum Gasteiger partial charge on any atom is 0.323 e. The van der Waals surface area contributed by atoms with Crippen molar-refractivity contribution >= 4 is 34.7 Å². The summed E-state index contributed by atoms with van der Waals surface area (Å²) in [4.78, 5) is 23.0. The van der Waals surface area contributed by atoms with E-state index in [1.807, 2.05) is 88.3 Å². The molecule has 0 bridgehead atoms. The second kappa shape index (κ2) is 8.60. The number of benzene rings is 2. The lowest BCUT2D eigenvalue weighted by Gasteiger charge is -2.14. The molecule has 29 heavy (non-hydrogen) atoms. The van der Waals surface area contributed by atoms with E-state index < -0.39 is 0 Å². The number of aryl methyl sites for hydroxylation is 3. The van der Waals surface area contributed by atoms with Crippen LogP contribution >= 0.6 is 0 Å². The summed E-state index contributed by atoms with van der Waals surface area (Å²) in [7, 11) is 3.88. The summed E-state index contributed by atoms with van der Waals surface area (Å²) in [6.45, 7) is 5.86. The molecule has 1 heterocycles. The maximum atomic E-state index is 12.3.